The number of carbonyl (C=O) groups is 2. The van der Waals surface area contributed by atoms with Crippen molar-refractivity contribution in [2.24, 2.45) is 0 Å². The monoisotopic (exact) mass is 259 g/mol. The van der Waals surface area contributed by atoms with Crippen LogP contribution in [-0.4, -0.2) is 25.0 Å². The van der Waals surface area contributed by atoms with Crippen LogP contribution in [0.4, 0.5) is 0 Å². The van der Waals surface area contributed by atoms with E-state index in [4.69, 9.17) is 6.42 Å². The molecule has 0 radical (unpaired) electrons. The molecule has 19 heavy (non-hydrogen) atoms. The number of rotatable bonds is 6. The number of methoxy groups -OCH3 is 1. The molecule has 0 unspecified atom stereocenters. The predicted molar refractivity (Wildman–Crippen MR) is 72.4 cm³/mol. The first kappa shape index (κ1) is 14.8. The van der Waals surface area contributed by atoms with Crippen LogP contribution in [0.5, 0.6) is 0 Å². The Kier molecular flexibility index (Phi) is 6.17. The van der Waals surface area contributed by atoms with Crippen LogP contribution in [0.2, 0.25) is 0 Å². The van der Waals surface area contributed by atoms with Gasteiger partial charge in [0.05, 0.1) is 7.11 Å². The van der Waals surface area contributed by atoms with Gasteiger partial charge in [-0.3, -0.25) is 4.79 Å². The maximum absolute atomic E-state index is 11.9. The number of benzene rings is 1. The lowest BCUT2D eigenvalue weighted by atomic mass is 10.1. The Morgan fingerprint density at radius 1 is 1.37 bits per heavy atom. The Morgan fingerprint density at radius 3 is 2.63 bits per heavy atom. The van der Waals surface area contributed by atoms with Crippen LogP contribution in [0.1, 0.15) is 29.6 Å². The normalized spacial score (nSPS) is 11.2. The first-order chi connectivity index (χ1) is 9.19. The van der Waals surface area contributed by atoms with Crippen LogP contribution in [0.15, 0.2) is 30.3 Å². The molecular weight excluding hydrogens is 242 g/mol. The van der Waals surface area contributed by atoms with E-state index in [-0.39, 0.29) is 5.91 Å². The van der Waals surface area contributed by atoms with Gasteiger partial charge < -0.3 is 10.1 Å². The molecule has 0 aromatic heterocycles. The molecule has 1 rings (SSSR count). The van der Waals surface area contributed by atoms with E-state index in [2.05, 4.69) is 16.0 Å². The highest BCUT2D eigenvalue weighted by Crippen LogP contribution is 2.05. The first-order valence-electron chi connectivity index (χ1n) is 6.06. The van der Waals surface area contributed by atoms with Crippen molar-refractivity contribution in [2.45, 2.75) is 25.3 Å². The molecule has 0 saturated heterocycles. The zero-order valence-corrected chi connectivity index (χ0v) is 10.9. The van der Waals surface area contributed by atoms with E-state index in [0.717, 1.165) is 0 Å². The summed E-state index contributed by atoms with van der Waals surface area (Å²) in [5.74, 6) is 1.75. The van der Waals surface area contributed by atoms with E-state index in [9.17, 15) is 9.59 Å². The second-order valence-electron chi connectivity index (χ2n) is 4.01. The van der Waals surface area contributed by atoms with Crippen LogP contribution >= 0.6 is 0 Å². The summed E-state index contributed by atoms with van der Waals surface area (Å²) >= 11 is 0. The number of hydrogen-bond acceptors (Lipinski definition) is 3. The molecule has 1 amide bonds. The van der Waals surface area contributed by atoms with Gasteiger partial charge in [0.1, 0.15) is 6.04 Å². The molecule has 0 aliphatic carbocycles. The van der Waals surface area contributed by atoms with Gasteiger partial charge in [0.15, 0.2) is 0 Å². The third kappa shape index (κ3) is 4.84. The maximum Gasteiger partial charge on any atom is 0.328 e. The third-order valence-corrected chi connectivity index (χ3v) is 2.64. The second-order valence-corrected chi connectivity index (χ2v) is 4.01. The molecule has 1 N–H and O–H groups in total. The highest BCUT2D eigenvalue weighted by Gasteiger charge is 2.21. The minimum atomic E-state index is -0.661. The second kappa shape index (κ2) is 7.93. The fourth-order valence-corrected chi connectivity index (χ4v) is 1.63. The molecular formula is C15H17NO3. The van der Waals surface area contributed by atoms with Gasteiger partial charge in [-0.1, -0.05) is 18.2 Å². The Labute approximate surface area is 113 Å². The quantitative estimate of drug-likeness (QED) is 0.481. The lowest BCUT2D eigenvalue weighted by molar-refractivity contribution is -0.143. The number of ether oxygens (including phenoxy) is 1. The molecule has 0 spiro atoms. The van der Waals surface area contributed by atoms with Gasteiger partial charge in [-0.2, -0.15) is 0 Å². The Balaban J connectivity index is 2.64. The topological polar surface area (TPSA) is 55.4 Å². The lowest BCUT2D eigenvalue weighted by Crippen LogP contribution is -2.41. The summed E-state index contributed by atoms with van der Waals surface area (Å²) in [5, 5.41) is 2.66. The fourth-order valence-electron chi connectivity index (χ4n) is 1.63. The molecule has 0 heterocycles. The van der Waals surface area contributed by atoms with Crippen molar-refractivity contribution in [2.75, 3.05) is 7.11 Å². The highest BCUT2D eigenvalue weighted by molar-refractivity contribution is 5.96. The van der Waals surface area contributed by atoms with Crippen LogP contribution in [0.25, 0.3) is 0 Å². The Bertz CT molecular complexity index is 462. The SMILES string of the molecule is C#CCCC[C@H](NC(=O)c1ccccc1)C(=O)OC. The molecule has 4 heteroatoms. The van der Waals surface area contributed by atoms with Gasteiger partial charge in [-0.15, -0.1) is 12.3 Å². The molecule has 1 aromatic rings. The van der Waals surface area contributed by atoms with Gasteiger partial charge in [0, 0.05) is 12.0 Å². The van der Waals surface area contributed by atoms with Crippen molar-refractivity contribution >= 4 is 11.9 Å². The van der Waals surface area contributed by atoms with Crippen LogP contribution in [0.3, 0.4) is 0 Å². The number of carbonyl (C=O) groups excluding carboxylic acids is 2. The Morgan fingerprint density at radius 2 is 2.05 bits per heavy atom. The van der Waals surface area contributed by atoms with E-state index >= 15 is 0 Å². The van der Waals surface area contributed by atoms with Crippen LogP contribution < -0.4 is 5.32 Å². The van der Waals surface area contributed by atoms with Gasteiger partial charge in [0.25, 0.3) is 5.91 Å². The zero-order chi connectivity index (χ0) is 14.1. The first-order valence-corrected chi connectivity index (χ1v) is 6.06. The van der Waals surface area contributed by atoms with E-state index in [1.54, 1.807) is 24.3 Å². The molecule has 0 bridgehead atoms. The van der Waals surface area contributed by atoms with Crippen molar-refractivity contribution in [1.29, 1.82) is 0 Å². The maximum atomic E-state index is 11.9. The lowest BCUT2D eigenvalue weighted by Gasteiger charge is -2.16. The van der Waals surface area contributed by atoms with Gasteiger partial charge in [-0.25, -0.2) is 4.79 Å². The molecule has 0 fully saturated rings. The van der Waals surface area contributed by atoms with E-state index < -0.39 is 12.0 Å². The molecule has 1 aromatic carbocycles. The molecule has 0 aliphatic heterocycles. The average molecular weight is 259 g/mol. The highest BCUT2D eigenvalue weighted by atomic mass is 16.5. The summed E-state index contributed by atoms with van der Waals surface area (Å²) in [6, 6.07) is 8.06. The third-order valence-electron chi connectivity index (χ3n) is 2.64. The number of esters is 1. The molecule has 0 aliphatic rings. The molecule has 1 atom stereocenters. The van der Waals surface area contributed by atoms with Crippen molar-refractivity contribution in [3.8, 4) is 12.3 Å². The minimum Gasteiger partial charge on any atom is -0.467 e. The Hall–Kier alpha value is -2.28. The number of hydrogen-bond donors (Lipinski definition) is 1. The van der Waals surface area contributed by atoms with E-state index in [0.29, 0.717) is 24.8 Å². The van der Waals surface area contributed by atoms with E-state index in [1.165, 1.54) is 7.11 Å². The predicted octanol–water partition coefficient (Wildman–Crippen LogP) is 1.76. The zero-order valence-electron chi connectivity index (χ0n) is 10.9. The number of unbranched alkanes of at least 4 members (excludes halogenated alkanes) is 1. The summed E-state index contributed by atoms with van der Waals surface area (Å²) in [6.45, 7) is 0. The fraction of sp³-hybridized carbons (Fsp3) is 0.333. The van der Waals surface area contributed by atoms with Crippen molar-refractivity contribution in [1.82, 2.24) is 5.32 Å². The smallest absolute Gasteiger partial charge is 0.328 e. The standard InChI is InChI=1S/C15H17NO3/c1-3-4-6-11-13(15(18)19-2)16-14(17)12-9-7-5-8-10-12/h1,5,7-10,13H,4,6,11H2,2H3,(H,16,17)/t13-/m0/s1. The summed E-state index contributed by atoms with van der Waals surface area (Å²) in [6.07, 6.45) is 6.85. The molecule has 100 valence electrons. The van der Waals surface area contributed by atoms with Crippen molar-refractivity contribution < 1.29 is 14.3 Å². The summed E-state index contributed by atoms with van der Waals surface area (Å²) in [5.41, 5.74) is 0.508. The average Bonchev–Trinajstić information content (AvgIpc) is 2.46. The largest absolute Gasteiger partial charge is 0.467 e. The summed E-state index contributed by atoms with van der Waals surface area (Å²) in [4.78, 5) is 23.5. The van der Waals surface area contributed by atoms with Crippen molar-refractivity contribution in [3.63, 3.8) is 0 Å². The molecule has 0 saturated carbocycles. The van der Waals surface area contributed by atoms with Crippen LogP contribution in [-0.2, 0) is 9.53 Å². The molecule has 4 nitrogen and oxygen atoms in total. The van der Waals surface area contributed by atoms with Gasteiger partial charge in [-0.05, 0) is 25.0 Å². The minimum absolute atomic E-state index is 0.295. The van der Waals surface area contributed by atoms with Crippen molar-refractivity contribution in [3.05, 3.63) is 35.9 Å². The van der Waals surface area contributed by atoms with E-state index in [1.807, 2.05) is 6.07 Å². The number of nitrogens with one attached hydrogen (secondary N) is 1. The summed E-state index contributed by atoms with van der Waals surface area (Å²) in [7, 11) is 1.30. The summed E-state index contributed by atoms with van der Waals surface area (Å²) < 4.78 is 4.67. The van der Waals surface area contributed by atoms with Gasteiger partial charge >= 0.3 is 5.97 Å². The number of terminal acetylenes is 1. The van der Waals surface area contributed by atoms with Crippen LogP contribution in [0, 0.1) is 12.3 Å². The number of amides is 1. The van der Waals surface area contributed by atoms with Gasteiger partial charge in [0.2, 0.25) is 0 Å².